The maximum absolute atomic E-state index is 12.3. The van der Waals surface area contributed by atoms with Crippen LogP contribution in [-0.2, 0) is 21.4 Å². The summed E-state index contributed by atoms with van der Waals surface area (Å²) in [7, 11) is 2.02. The number of carbonyl (C=O) groups is 2. The molecule has 8 heteroatoms. The molecule has 4 aliphatic rings. The summed E-state index contributed by atoms with van der Waals surface area (Å²) in [5, 5.41) is 34.1. The van der Waals surface area contributed by atoms with E-state index in [1.807, 2.05) is 13.1 Å². The number of carboxylic acid groups (broad SMARTS) is 1. The molecule has 5 rings (SSSR count). The van der Waals surface area contributed by atoms with Crippen molar-refractivity contribution >= 4 is 11.9 Å². The summed E-state index contributed by atoms with van der Waals surface area (Å²) < 4.78 is 6.27. The van der Waals surface area contributed by atoms with Crippen LogP contribution in [0.4, 0.5) is 0 Å². The van der Waals surface area contributed by atoms with Crippen LogP contribution in [0.5, 0.6) is 11.5 Å². The fourth-order valence-electron chi connectivity index (χ4n) is 6.28. The maximum Gasteiger partial charge on any atom is 0.328 e. The Bertz CT molecular complexity index is 945. The van der Waals surface area contributed by atoms with Crippen LogP contribution in [0, 0.1) is 0 Å². The molecule has 2 heterocycles. The first-order chi connectivity index (χ1) is 13.8. The number of hydrogen-bond donors (Lipinski definition) is 4. The van der Waals surface area contributed by atoms with Gasteiger partial charge in [-0.1, -0.05) is 6.07 Å². The van der Waals surface area contributed by atoms with Crippen molar-refractivity contribution < 1.29 is 29.6 Å². The molecule has 1 spiro atoms. The van der Waals surface area contributed by atoms with Gasteiger partial charge >= 0.3 is 5.97 Å². The van der Waals surface area contributed by atoms with Crippen LogP contribution in [0.1, 0.15) is 30.4 Å². The van der Waals surface area contributed by atoms with Gasteiger partial charge in [0.15, 0.2) is 11.5 Å². The number of ether oxygens (including phenoxy) is 1. The number of rotatable bonds is 3. The smallest absolute Gasteiger partial charge is 0.328 e. The lowest BCUT2D eigenvalue weighted by Crippen LogP contribution is -2.77. The molecule has 1 aromatic carbocycles. The molecule has 2 bridgehead atoms. The van der Waals surface area contributed by atoms with Crippen LogP contribution in [0.2, 0.25) is 0 Å². The first kappa shape index (κ1) is 18.4. The summed E-state index contributed by atoms with van der Waals surface area (Å²) in [6.45, 7) is 0.779. The SMILES string of the molecule is CN1CC[C@]23c4c5ccc(O)c4O[C@H]2C(NC(=O)/C=C/C(=O)O)CC[C@@]3(O)[C@H]1C5. The zero-order valence-electron chi connectivity index (χ0n) is 16.1. The first-order valence-corrected chi connectivity index (χ1v) is 9.94. The molecule has 1 unspecified atom stereocenters. The van der Waals surface area contributed by atoms with Crippen LogP contribution < -0.4 is 10.1 Å². The molecule has 2 fully saturated rings. The topological polar surface area (TPSA) is 119 Å². The number of phenols is 1. The van der Waals surface area contributed by atoms with Crippen molar-refractivity contribution in [1.29, 1.82) is 0 Å². The quantitative estimate of drug-likeness (QED) is 0.539. The van der Waals surface area contributed by atoms with Crippen LogP contribution in [-0.4, -0.2) is 69.5 Å². The number of nitrogens with zero attached hydrogens (tertiary/aromatic N) is 1. The Balaban J connectivity index is 1.60. The highest BCUT2D eigenvalue weighted by molar-refractivity contribution is 5.94. The molecule has 29 heavy (non-hydrogen) atoms. The van der Waals surface area contributed by atoms with Crippen molar-refractivity contribution in [3.05, 3.63) is 35.4 Å². The second-order valence-corrected chi connectivity index (χ2v) is 8.66. The maximum atomic E-state index is 12.3. The number of likely N-dealkylation sites (N-methyl/N-ethyl adjacent to an activating group) is 1. The van der Waals surface area contributed by atoms with E-state index < -0.39 is 35.0 Å². The highest BCUT2D eigenvalue weighted by atomic mass is 16.5. The third kappa shape index (κ3) is 2.27. The van der Waals surface area contributed by atoms with E-state index in [-0.39, 0.29) is 11.8 Å². The average Bonchev–Trinajstić information content (AvgIpc) is 3.03. The van der Waals surface area contributed by atoms with Gasteiger partial charge in [-0.05, 0) is 50.9 Å². The number of aliphatic carboxylic acids is 1. The van der Waals surface area contributed by atoms with Gasteiger partial charge in [0, 0.05) is 23.8 Å². The number of carbonyl (C=O) groups excluding carboxylic acids is 1. The van der Waals surface area contributed by atoms with E-state index in [2.05, 4.69) is 10.2 Å². The molecule has 1 amide bonds. The molecule has 154 valence electrons. The van der Waals surface area contributed by atoms with E-state index in [0.29, 0.717) is 31.4 Å². The summed E-state index contributed by atoms with van der Waals surface area (Å²) in [5.41, 5.74) is 0.224. The zero-order valence-corrected chi connectivity index (χ0v) is 16.1. The average molecular weight is 400 g/mol. The molecule has 2 aliphatic carbocycles. The van der Waals surface area contributed by atoms with Gasteiger partial charge in [0.25, 0.3) is 0 Å². The number of carboxylic acids is 1. The molecule has 1 saturated heterocycles. The highest BCUT2D eigenvalue weighted by Gasteiger charge is 2.72. The molecule has 0 aromatic heterocycles. The minimum Gasteiger partial charge on any atom is -0.504 e. The lowest BCUT2D eigenvalue weighted by molar-refractivity contribution is -0.187. The Hall–Kier alpha value is -2.58. The number of aliphatic hydroxyl groups is 1. The van der Waals surface area contributed by atoms with E-state index in [0.717, 1.165) is 29.8 Å². The van der Waals surface area contributed by atoms with E-state index in [1.165, 1.54) is 0 Å². The van der Waals surface area contributed by atoms with Crippen LogP contribution >= 0.6 is 0 Å². The fourth-order valence-corrected chi connectivity index (χ4v) is 6.28. The fraction of sp³-hybridized carbons (Fsp3) is 0.524. The minimum atomic E-state index is -1.19. The predicted molar refractivity (Wildman–Crippen MR) is 102 cm³/mol. The summed E-state index contributed by atoms with van der Waals surface area (Å²) in [6.07, 6.45) is 3.60. The number of benzene rings is 1. The van der Waals surface area contributed by atoms with Crippen molar-refractivity contribution in [2.45, 2.75) is 54.9 Å². The molecule has 8 nitrogen and oxygen atoms in total. The third-order valence-corrected chi connectivity index (χ3v) is 7.43. The van der Waals surface area contributed by atoms with Gasteiger partial charge in [-0.3, -0.25) is 4.79 Å². The number of hydrogen-bond acceptors (Lipinski definition) is 6. The second kappa shape index (κ2) is 5.96. The van der Waals surface area contributed by atoms with Gasteiger partial charge < -0.3 is 30.3 Å². The zero-order chi connectivity index (χ0) is 20.6. The van der Waals surface area contributed by atoms with E-state index in [4.69, 9.17) is 9.84 Å². The number of nitrogens with one attached hydrogen (secondary N) is 1. The van der Waals surface area contributed by atoms with E-state index in [9.17, 15) is 19.8 Å². The van der Waals surface area contributed by atoms with Gasteiger partial charge in [0.1, 0.15) is 6.10 Å². The number of piperidine rings is 1. The first-order valence-electron chi connectivity index (χ1n) is 9.94. The van der Waals surface area contributed by atoms with Crippen molar-refractivity contribution in [1.82, 2.24) is 10.2 Å². The van der Waals surface area contributed by atoms with E-state index in [1.54, 1.807) is 6.07 Å². The van der Waals surface area contributed by atoms with Gasteiger partial charge in [-0.15, -0.1) is 0 Å². The van der Waals surface area contributed by atoms with Gasteiger partial charge in [-0.25, -0.2) is 4.79 Å². The molecule has 0 radical (unpaired) electrons. The van der Waals surface area contributed by atoms with Crippen molar-refractivity contribution in [3.63, 3.8) is 0 Å². The van der Waals surface area contributed by atoms with Gasteiger partial charge in [-0.2, -0.15) is 0 Å². The van der Waals surface area contributed by atoms with Crippen LogP contribution in [0.15, 0.2) is 24.3 Å². The number of aromatic hydroxyl groups is 1. The Morgan fingerprint density at radius 2 is 2.10 bits per heavy atom. The summed E-state index contributed by atoms with van der Waals surface area (Å²) >= 11 is 0. The normalized spacial score (nSPS) is 37.1. The largest absolute Gasteiger partial charge is 0.504 e. The second-order valence-electron chi connectivity index (χ2n) is 8.66. The summed E-state index contributed by atoms with van der Waals surface area (Å²) in [6, 6.07) is 3.08. The third-order valence-electron chi connectivity index (χ3n) is 7.43. The Morgan fingerprint density at radius 1 is 1.31 bits per heavy atom. The Labute approximate surface area is 167 Å². The standard InChI is InChI=1S/C21H24N2O6/c1-23-9-8-20-17-11-2-3-13(24)18(17)29-19(20)12(22-15(25)4-5-16(26)27)6-7-21(20,28)14(23)10-11/h2-5,12,14,19,24,28H,6-10H2,1H3,(H,22,25)(H,26,27)/b5-4+/t12?,14-,19+,20+,21-/m1/s1. The van der Waals surface area contributed by atoms with E-state index >= 15 is 0 Å². The lowest BCUT2D eigenvalue weighted by Gasteiger charge is -2.63. The van der Waals surface area contributed by atoms with Crippen molar-refractivity contribution in [3.8, 4) is 11.5 Å². The number of phenolic OH excluding ortho intramolecular Hbond substituents is 1. The summed E-state index contributed by atoms with van der Waals surface area (Å²) in [5.74, 6) is -1.25. The highest BCUT2D eigenvalue weighted by Crippen LogP contribution is 2.65. The molecule has 1 aromatic rings. The Kier molecular flexibility index (Phi) is 3.79. The minimum absolute atomic E-state index is 0.0445. The molecular formula is C21H24N2O6. The molecule has 5 atom stereocenters. The molecule has 4 N–H and O–H groups in total. The van der Waals surface area contributed by atoms with Gasteiger partial charge in [0.2, 0.25) is 5.91 Å². The lowest BCUT2D eigenvalue weighted by atomic mass is 9.48. The predicted octanol–water partition coefficient (Wildman–Crippen LogP) is 0.302. The monoisotopic (exact) mass is 400 g/mol. The van der Waals surface area contributed by atoms with Crippen molar-refractivity contribution in [2.24, 2.45) is 0 Å². The number of likely N-dealkylation sites (tertiary alicyclic amines) is 1. The van der Waals surface area contributed by atoms with Crippen LogP contribution in [0.3, 0.4) is 0 Å². The summed E-state index contributed by atoms with van der Waals surface area (Å²) in [4.78, 5) is 25.2. The van der Waals surface area contributed by atoms with Crippen molar-refractivity contribution in [2.75, 3.05) is 13.6 Å². The molecular weight excluding hydrogens is 376 g/mol. The van der Waals surface area contributed by atoms with Crippen LogP contribution in [0.25, 0.3) is 0 Å². The molecule has 1 saturated carbocycles. The molecule has 2 aliphatic heterocycles. The number of amides is 1. The Morgan fingerprint density at radius 3 is 2.86 bits per heavy atom. The van der Waals surface area contributed by atoms with Gasteiger partial charge in [0.05, 0.1) is 17.1 Å².